The average Bonchev–Trinajstić information content (AvgIpc) is 1.66. The van der Waals surface area contributed by atoms with Crippen molar-refractivity contribution in [1.82, 2.24) is 5.48 Å². The number of carbonyl (C=O) groups excluding carboxylic acids is 1. The van der Waals surface area contributed by atoms with Crippen molar-refractivity contribution in [3.8, 4) is 0 Å². The van der Waals surface area contributed by atoms with Crippen LogP contribution < -0.4 is 5.48 Å². The molecule has 5 heteroatoms. The molecular weight excluding hydrogens is 114 g/mol. The van der Waals surface area contributed by atoms with E-state index in [2.05, 4.69) is 4.84 Å². The normalized spacial score (nSPS) is 9.38. The quantitative estimate of drug-likeness (QED) is 0.172. The first-order valence-electron chi connectivity index (χ1n) is 1.87. The second-order valence-electron chi connectivity index (χ2n) is 0.996. The monoisotopic (exact) mass is 120 g/mol. The van der Waals surface area contributed by atoms with Crippen LogP contribution in [-0.2, 0) is 9.63 Å². The Morgan fingerprint density at radius 1 is 1.75 bits per heavy atom. The molecule has 0 aliphatic heterocycles. The number of hydrogen-bond donors (Lipinski definition) is 3. The van der Waals surface area contributed by atoms with E-state index in [0.29, 0.717) is 0 Å². The Morgan fingerprint density at radius 3 is 2.75 bits per heavy atom. The fraction of sp³-hybridized carbons (Fsp3) is 0.667. The SMILES string of the molecule is O=[C]NOCC(O)O. The number of hydroxylamine groups is 1. The molecule has 0 saturated heterocycles. The predicted octanol–water partition coefficient (Wildman–Crippen LogP) is -2.11. The van der Waals surface area contributed by atoms with Crippen LogP contribution in [0.2, 0.25) is 0 Å². The zero-order chi connectivity index (χ0) is 6.41. The van der Waals surface area contributed by atoms with Gasteiger partial charge in [-0.1, -0.05) is 0 Å². The topological polar surface area (TPSA) is 78.8 Å². The van der Waals surface area contributed by atoms with Crippen molar-refractivity contribution in [2.24, 2.45) is 0 Å². The largest absolute Gasteiger partial charge is 0.366 e. The number of amides is 1. The van der Waals surface area contributed by atoms with Crippen molar-refractivity contribution < 1.29 is 19.8 Å². The van der Waals surface area contributed by atoms with Gasteiger partial charge in [0.25, 0.3) is 0 Å². The third-order valence-corrected chi connectivity index (χ3v) is 0.346. The molecule has 1 amide bonds. The smallest absolute Gasteiger partial charge is 0.335 e. The summed E-state index contributed by atoms with van der Waals surface area (Å²) in [5.41, 5.74) is 1.65. The Kier molecular flexibility index (Phi) is 4.14. The summed E-state index contributed by atoms with van der Waals surface area (Å²) in [4.78, 5) is 13.3. The Balaban J connectivity index is 2.81. The second kappa shape index (κ2) is 4.51. The van der Waals surface area contributed by atoms with Crippen LogP contribution in [0.25, 0.3) is 0 Å². The van der Waals surface area contributed by atoms with E-state index in [9.17, 15) is 4.79 Å². The van der Waals surface area contributed by atoms with Gasteiger partial charge in [0.05, 0.1) is 0 Å². The second-order valence-corrected chi connectivity index (χ2v) is 0.996. The lowest BCUT2D eigenvalue weighted by Gasteiger charge is -1.99. The summed E-state index contributed by atoms with van der Waals surface area (Å²) in [6, 6.07) is 0. The van der Waals surface area contributed by atoms with E-state index < -0.39 is 6.29 Å². The first kappa shape index (κ1) is 7.35. The van der Waals surface area contributed by atoms with Crippen LogP contribution in [0.15, 0.2) is 0 Å². The van der Waals surface area contributed by atoms with Crippen LogP contribution in [0.4, 0.5) is 0 Å². The molecule has 0 spiro atoms. The van der Waals surface area contributed by atoms with Crippen LogP contribution in [0.5, 0.6) is 0 Å². The maximum absolute atomic E-state index is 9.26. The summed E-state index contributed by atoms with van der Waals surface area (Å²) < 4.78 is 0. The Bertz CT molecular complexity index is 64.3. The van der Waals surface area contributed by atoms with Crippen molar-refractivity contribution in [1.29, 1.82) is 0 Å². The molecule has 0 rings (SSSR count). The minimum Gasteiger partial charge on any atom is -0.366 e. The van der Waals surface area contributed by atoms with E-state index in [-0.39, 0.29) is 6.61 Å². The van der Waals surface area contributed by atoms with Gasteiger partial charge in [-0.15, -0.1) is 0 Å². The van der Waals surface area contributed by atoms with Gasteiger partial charge in [-0.3, -0.25) is 9.63 Å². The standard InChI is InChI=1S/C3H6NO4/c5-2-4-8-1-3(6)7/h3,6-7H,1H2,(H,4,5). The summed E-state index contributed by atoms with van der Waals surface area (Å²) in [5.74, 6) is 0. The molecule has 0 saturated carbocycles. The van der Waals surface area contributed by atoms with E-state index in [1.165, 1.54) is 6.41 Å². The van der Waals surface area contributed by atoms with Gasteiger partial charge in [-0.05, 0) is 0 Å². The van der Waals surface area contributed by atoms with Crippen molar-refractivity contribution in [3.63, 3.8) is 0 Å². The molecule has 0 fully saturated rings. The summed E-state index contributed by atoms with van der Waals surface area (Å²) >= 11 is 0. The minimum absolute atomic E-state index is 0.352. The van der Waals surface area contributed by atoms with Crippen LogP contribution >= 0.6 is 0 Å². The molecule has 0 aromatic carbocycles. The molecule has 0 aromatic heterocycles. The van der Waals surface area contributed by atoms with Gasteiger partial charge >= 0.3 is 6.41 Å². The zero-order valence-corrected chi connectivity index (χ0v) is 4.00. The highest BCUT2D eigenvalue weighted by atomic mass is 16.7. The van der Waals surface area contributed by atoms with Crippen molar-refractivity contribution in [3.05, 3.63) is 0 Å². The molecule has 0 atom stereocenters. The van der Waals surface area contributed by atoms with Crippen LogP contribution in [0.3, 0.4) is 0 Å². The van der Waals surface area contributed by atoms with E-state index in [4.69, 9.17) is 10.2 Å². The first-order valence-corrected chi connectivity index (χ1v) is 1.87. The highest BCUT2D eigenvalue weighted by Gasteiger charge is 1.93. The number of nitrogens with one attached hydrogen (secondary N) is 1. The van der Waals surface area contributed by atoms with Gasteiger partial charge in [0, 0.05) is 0 Å². The van der Waals surface area contributed by atoms with E-state index >= 15 is 0 Å². The molecule has 3 N–H and O–H groups in total. The van der Waals surface area contributed by atoms with E-state index in [0.717, 1.165) is 0 Å². The average molecular weight is 120 g/mol. The predicted molar refractivity (Wildman–Crippen MR) is 23.0 cm³/mol. The summed E-state index contributed by atoms with van der Waals surface area (Å²) in [6.07, 6.45) is -0.381. The van der Waals surface area contributed by atoms with E-state index in [1.54, 1.807) is 5.48 Å². The lowest BCUT2D eigenvalue weighted by Crippen LogP contribution is -2.21. The minimum atomic E-state index is -1.56. The molecule has 8 heavy (non-hydrogen) atoms. The fourth-order valence-corrected chi connectivity index (χ4v) is 0.146. The summed E-state index contributed by atoms with van der Waals surface area (Å²) in [7, 11) is 0. The van der Waals surface area contributed by atoms with Crippen LogP contribution in [-0.4, -0.2) is 29.5 Å². The van der Waals surface area contributed by atoms with Gasteiger partial charge in [0.15, 0.2) is 6.29 Å². The zero-order valence-electron chi connectivity index (χ0n) is 4.00. The van der Waals surface area contributed by atoms with Gasteiger partial charge in [-0.25, -0.2) is 5.48 Å². The molecular formula is C3H6NO4. The third kappa shape index (κ3) is 5.35. The molecule has 0 bridgehead atoms. The maximum Gasteiger partial charge on any atom is 0.335 e. The highest BCUT2D eigenvalue weighted by Crippen LogP contribution is 1.71. The van der Waals surface area contributed by atoms with Crippen molar-refractivity contribution >= 4 is 6.41 Å². The molecule has 1 radical (unpaired) electrons. The van der Waals surface area contributed by atoms with E-state index in [1.807, 2.05) is 0 Å². The highest BCUT2D eigenvalue weighted by molar-refractivity contribution is 5.44. The molecule has 0 aliphatic rings. The molecule has 0 aliphatic carbocycles. The Morgan fingerprint density at radius 2 is 2.38 bits per heavy atom. The molecule has 0 heterocycles. The number of hydrogen-bond acceptors (Lipinski definition) is 4. The first-order chi connectivity index (χ1) is 3.77. The lowest BCUT2D eigenvalue weighted by atomic mass is 10.7. The van der Waals surface area contributed by atoms with Crippen LogP contribution in [0.1, 0.15) is 0 Å². The molecule has 0 aromatic rings. The van der Waals surface area contributed by atoms with Gasteiger partial charge in [0.2, 0.25) is 0 Å². The number of aliphatic hydroxyl groups excluding tert-OH is 1. The van der Waals surface area contributed by atoms with Gasteiger partial charge < -0.3 is 10.2 Å². The maximum atomic E-state index is 9.26. The number of aliphatic hydroxyl groups is 2. The van der Waals surface area contributed by atoms with Gasteiger partial charge in [-0.2, -0.15) is 0 Å². The molecule has 47 valence electrons. The lowest BCUT2D eigenvalue weighted by molar-refractivity contribution is -0.107. The Labute approximate surface area is 45.8 Å². The summed E-state index contributed by atoms with van der Waals surface area (Å²) in [5, 5.41) is 16.1. The van der Waals surface area contributed by atoms with Gasteiger partial charge in [0.1, 0.15) is 6.61 Å². The van der Waals surface area contributed by atoms with Crippen LogP contribution in [0, 0.1) is 0 Å². The fourth-order valence-electron chi connectivity index (χ4n) is 0.146. The van der Waals surface area contributed by atoms with Crippen molar-refractivity contribution in [2.75, 3.05) is 6.61 Å². The summed E-state index contributed by atoms with van der Waals surface area (Å²) in [6.45, 7) is -0.352. The third-order valence-electron chi connectivity index (χ3n) is 0.346. The number of rotatable bonds is 4. The Hall–Kier alpha value is -0.650. The molecule has 5 nitrogen and oxygen atoms in total. The van der Waals surface area contributed by atoms with Crippen molar-refractivity contribution in [2.45, 2.75) is 6.29 Å². The molecule has 0 unspecified atom stereocenters.